The molecule has 1 amide bonds. The van der Waals surface area contributed by atoms with E-state index in [4.69, 9.17) is 28.9 Å². The van der Waals surface area contributed by atoms with E-state index in [1.165, 1.54) is 0 Å². The summed E-state index contributed by atoms with van der Waals surface area (Å²) in [6.45, 7) is 0. The molecule has 0 unspecified atom stereocenters. The van der Waals surface area contributed by atoms with Crippen molar-refractivity contribution in [2.75, 3.05) is 18.1 Å². The first kappa shape index (κ1) is 14.5. The van der Waals surface area contributed by atoms with E-state index in [0.29, 0.717) is 32.7 Å². The lowest BCUT2D eigenvalue weighted by molar-refractivity contribution is 0.0964. The molecule has 0 bridgehead atoms. The topological polar surface area (TPSA) is 67.2 Å². The van der Waals surface area contributed by atoms with Crippen LogP contribution in [-0.4, -0.2) is 13.0 Å². The normalized spacial score (nSPS) is 10.2. The number of nitrogen functional groups attached to an aromatic ring is 1. The van der Waals surface area contributed by atoms with Crippen LogP contribution >= 0.6 is 23.2 Å². The minimum absolute atomic E-state index is 0.211. The second-order valence-corrected chi connectivity index (χ2v) is 4.98. The Morgan fingerprint density at radius 3 is 2.50 bits per heavy atom. The minimum Gasteiger partial charge on any atom is -0.399 e. The van der Waals surface area contributed by atoms with Gasteiger partial charge in [-0.3, -0.25) is 4.79 Å². The number of hydrogen-bond acceptors (Lipinski definition) is 3. The molecule has 2 aromatic rings. The number of rotatable bonds is 3. The van der Waals surface area contributed by atoms with Gasteiger partial charge in [-0.15, -0.1) is 0 Å². The third kappa shape index (κ3) is 3.15. The molecule has 20 heavy (non-hydrogen) atoms. The molecule has 0 atom stereocenters. The third-order valence-electron chi connectivity index (χ3n) is 2.72. The van der Waals surface area contributed by atoms with Crippen LogP contribution in [0.3, 0.4) is 0 Å². The number of hydrogen-bond donors (Lipinski definition) is 3. The van der Waals surface area contributed by atoms with Crippen LogP contribution in [0.1, 0.15) is 10.4 Å². The van der Waals surface area contributed by atoms with Crippen LogP contribution in [0.15, 0.2) is 36.4 Å². The average molecular weight is 310 g/mol. The molecule has 0 aliphatic heterocycles. The first-order valence-corrected chi connectivity index (χ1v) is 6.60. The van der Waals surface area contributed by atoms with E-state index in [1.54, 1.807) is 43.4 Å². The molecule has 0 spiro atoms. The van der Waals surface area contributed by atoms with Gasteiger partial charge in [0.25, 0.3) is 5.91 Å². The van der Waals surface area contributed by atoms with Gasteiger partial charge in [0.05, 0.1) is 22.0 Å². The zero-order valence-electron chi connectivity index (χ0n) is 10.7. The molecule has 0 saturated heterocycles. The summed E-state index contributed by atoms with van der Waals surface area (Å²) in [5.74, 6) is -0.211. The van der Waals surface area contributed by atoms with Crippen molar-refractivity contribution in [3.05, 3.63) is 52.0 Å². The minimum atomic E-state index is -0.211. The molecule has 0 aliphatic carbocycles. The van der Waals surface area contributed by atoms with E-state index in [1.807, 2.05) is 0 Å². The lowest BCUT2D eigenvalue weighted by Gasteiger charge is -2.13. The summed E-state index contributed by atoms with van der Waals surface area (Å²) in [6, 6.07) is 10.1. The Labute approximate surface area is 126 Å². The van der Waals surface area contributed by atoms with Gasteiger partial charge in [-0.05, 0) is 36.4 Å². The molecule has 4 N–H and O–H groups in total. The van der Waals surface area contributed by atoms with Crippen LogP contribution in [0.5, 0.6) is 0 Å². The monoisotopic (exact) mass is 309 g/mol. The Bertz CT molecular complexity index is 659. The van der Waals surface area contributed by atoms with E-state index in [9.17, 15) is 4.79 Å². The predicted octanol–water partition coefficient (Wildman–Crippen LogP) is 3.68. The maximum Gasteiger partial charge on any atom is 0.253 e. The predicted molar refractivity (Wildman–Crippen MR) is 84.0 cm³/mol. The van der Waals surface area contributed by atoms with E-state index in [-0.39, 0.29) is 5.91 Å². The third-order valence-corrected chi connectivity index (χ3v) is 3.26. The van der Waals surface area contributed by atoms with Gasteiger partial charge in [0.15, 0.2) is 0 Å². The van der Waals surface area contributed by atoms with Gasteiger partial charge in [-0.25, -0.2) is 0 Å². The number of amides is 1. The van der Waals surface area contributed by atoms with Gasteiger partial charge in [0, 0.05) is 17.8 Å². The van der Waals surface area contributed by atoms with Crippen LogP contribution in [0.2, 0.25) is 10.0 Å². The van der Waals surface area contributed by atoms with Crippen LogP contribution < -0.4 is 16.4 Å². The van der Waals surface area contributed by atoms with Gasteiger partial charge >= 0.3 is 0 Å². The standard InChI is InChI=1S/C14H13Cl2N3O/c1-18-14(20)10-4-3-9(17)7-13(10)19-12-5-2-8(15)6-11(12)16/h2-7,19H,17H2,1H3,(H,18,20). The molecule has 0 radical (unpaired) electrons. The molecule has 0 fully saturated rings. The fraction of sp³-hybridized carbons (Fsp3) is 0.0714. The Balaban J connectivity index is 2.41. The Morgan fingerprint density at radius 1 is 1.10 bits per heavy atom. The fourth-order valence-electron chi connectivity index (χ4n) is 1.73. The van der Waals surface area contributed by atoms with Crippen molar-refractivity contribution < 1.29 is 4.79 Å². The zero-order chi connectivity index (χ0) is 14.7. The lowest BCUT2D eigenvalue weighted by atomic mass is 10.1. The van der Waals surface area contributed by atoms with Crippen molar-refractivity contribution in [3.8, 4) is 0 Å². The first-order valence-electron chi connectivity index (χ1n) is 5.85. The van der Waals surface area contributed by atoms with Crippen molar-refractivity contribution >= 4 is 46.2 Å². The van der Waals surface area contributed by atoms with Crippen LogP contribution in [0.25, 0.3) is 0 Å². The highest BCUT2D eigenvalue weighted by Gasteiger charge is 2.11. The maximum atomic E-state index is 11.8. The SMILES string of the molecule is CNC(=O)c1ccc(N)cc1Nc1ccc(Cl)cc1Cl. The summed E-state index contributed by atoms with van der Waals surface area (Å²) in [5, 5.41) is 6.67. The van der Waals surface area contributed by atoms with Crippen molar-refractivity contribution in [3.63, 3.8) is 0 Å². The molecule has 4 nitrogen and oxygen atoms in total. The van der Waals surface area contributed by atoms with Crippen LogP contribution in [0.4, 0.5) is 17.1 Å². The largest absolute Gasteiger partial charge is 0.399 e. The molecule has 0 heterocycles. The Morgan fingerprint density at radius 2 is 1.85 bits per heavy atom. The average Bonchev–Trinajstić information content (AvgIpc) is 2.41. The molecule has 104 valence electrons. The van der Waals surface area contributed by atoms with E-state index >= 15 is 0 Å². The maximum absolute atomic E-state index is 11.8. The number of benzene rings is 2. The van der Waals surface area contributed by atoms with Crippen LogP contribution in [0, 0.1) is 0 Å². The summed E-state index contributed by atoms with van der Waals surface area (Å²) in [4.78, 5) is 11.8. The molecular formula is C14H13Cl2N3O. The molecule has 2 rings (SSSR count). The van der Waals surface area contributed by atoms with Crippen molar-refractivity contribution in [1.29, 1.82) is 0 Å². The molecule has 6 heteroatoms. The molecule has 0 saturated carbocycles. The number of carbonyl (C=O) groups is 1. The highest BCUT2D eigenvalue weighted by atomic mass is 35.5. The molecule has 2 aromatic carbocycles. The summed E-state index contributed by atoms with van der Waals surface area (Å²) < 4.78 is 0. The Kier molecular flexibility index (Phi) is 4.37. The highest BCUT2D eigenvalue weighted by Crippen LogP contribution is 2.30. The van der Waals surface area contributed by atoms with E-state index in [2.05, 4.69) is 10.6 Å². The number of nitrogens with two attached hydrogens (primary N) is 1. The summed E-state index contributed by atoms with van der Waals surface area (Å²) in [5.41, 5.74) is 8.01. The molecule has 0 aliphatic rings. The number of carbonyl (C=O) groups excluding carboxylic acids is 1. The highest BCUT2D eigenvalue weighted by molar-refractivity contribution is 6.36. The van der Waals surface area contributed by atoms with E-state index < -0.39 is 0 Å². The van der Waals surface area contributed by atoms with Gasteiger partial charge in [0.2, 0.25) is 0 Å². The van der Waals surface area contributed by atoms with Crippen molar-refractivity contribution in [2.24, 2.45) is 0 Å². The van der Waals surface area contributed by atoms with Gasteiger partial charge in [0.1, 0.15) is 0 Å². The summed E-state index contributed by atoms with van der Waals surface area (Å²) in [7, 11) is 1.57. The number of anilines is 3. The van der Waals surface area contributed by atoms with Gasteiger partial charge < -0.3 is 16.4 Å². The second-order valence-electron chi connectivity index (χ2n) is 4.13. The summed E-state index contributed by atoms with van der Waals surface area (Å²) >= 11 is 12.0. The van der Waals surface area contributed by atoms with Crippen molar-refractivity contribution in [2.45, 2.75) is 0 Å². The number of halogens is 2. The van der Waals surface area contributed by atoms with Crippen LogP contribution in [-0.2, 0) is 0 Å². The molecular weight excluding hydrogens is 297 g/mol. The smallest absolute Gasteiger partial charge is 0.253 e. The zero-order valence-corrected chi connectivity index (χ0v) is 12.2. The van der Waals surface area contributed by atoms with Crippen molar-refractivity contribution in [1.82, 2.24) is 5.32 Å². The first-order chi connectivity index (χ1) is 9.51. The van der Waals surface area contributed by atoms with Gasteiger partial charge in [-0.1, -0.05) is 23.2 Å². The fourth-order valence-corrected chi connectivity index (χ4v) is 2.19. The quantitative estimate of drug-likeness (QED) is 0.758. The summed E-state index contributed by atoms with van der Waals surface area (Å²) in [6.07, 6.45) is 0. The second kappa shape index (κ2) is 6.03. The lowest BCUT2D eigenvalue weighted by Crippen LogP contribution is -2.19. The van der Waals surface area contributed by atoms with Gasteiger partial charge in [-0.2, -0.15) is 0 Å². The number of nitrogens with one attached hydrogen (secondary N) is 2. The Hall–Kier alpha value is -1.91. The van der Waals surface area contributed by atoms with E-state index in [0.717, 1.165) is 0 Å². The molecule has 0 aromatic heterocycles.